The molecule has 0 unspecified atom stereocenters. The van der Waals surface area contributed by atoms with E-state index in [9.17, 15) is 4.79 Å². The number of anilines is 2. The van der Waals surface area contributed by atoms with Crippen LogP contribution in [0, 0.1) is 6.92 Å². The van der Waals surface area contributed by atoms with Gasteiger partial charge >= 0.3 is 0 Å². The van der Waals surface area contributed by atoms with Crippen molar-refractivity contribution in [3.63, 3.8) is 0 Å². The number of carbonyl (C=O) groups is 1. The van der Waals surface area contributed by atoms with Crippen LogP contribution in [0.2, 0.25) is 0 Å². The van der Waals surface area contributed by atoms with Crippen LogP contribution in [-0.4, -0.2) is 12.5 Å². The van der Waals surface area contributed by atoms with Crippen molar-refractivity contribution in [3.05, 3.63) is 58.1 Å². The molecule has 0 saturated heterocycles. The number of halogens is 1. The third-order valence-corrected chi connectivity index (χ3v) is 4.31. The van der Waals surface area contributed by atoms with Crippen molar-refractivity contribution in [1.29, 1.82) is 0 Å². The molecule has 0 aliphatic rings. The van der Waals surface area contributed by atoms with Crippen LogP contribution < -0.4 is 10.6 Å². The molecule has 3 nitrogen and oxygen atoms in total. The van der Waals surface area contributed by atoms with Crippen molar-refractivity contribution in [3.8, 4) is 0 Å². The van der Waals surface area contributed by atoms with Gasteiger partial charge in [-0.15, -0.1) is 0 Å². The first-order valence-corrected chi connectivity index (χ1v) is 8.65. The van der Waals surface area contributed by atoms with E-state index in [1.165, 1.54) is 11.1 Å². The van der Waals surface area contributed by atoms with E-state index in [0.717, 1.165) is 15.8 Å². The van der Waals surface area contributed by atoms with E-state index in [-0.39, 0.29) is 5.91 Å². The molecule has 0 saturated carbocycles. The Morgan fingerprint density at radius 3 is 2.43 bits per heavy atom. The topological polar surface area (TPSA) is 41.1 Å². The van der Waals surface area contributed by atoms with Crippen molar-refractivity contribution < 1.29 is 4.79 Å². The molecule has 4 heteroatoms. The third-order valence-electron chi connectivity index (χ3n) is 3.65. The minimum Gasteiger partial charge on any atom is -0.384 e. The summed E-state index contributed by atoms with van der Waals surface area (Å²) < 4.78 is 1.02. The number of amides is 1. The van der Waals surface area contributed by atoms with Gasteiger partial charge in [0, 0.05) is 28.8 Å². The lowest BCUT2D eigenvalue weighted by Gasteiger charge is -2.10. The Bertz CT molecular complexity index is 666. The standard InChI is InChI=1S/C19H23BrN2O/c1-13(2)15-5-7-16(8-6-15)22-19(23)10-11-21-18-9-4-14(3)12-17(18)20/h4-9,12-13,21H,10-11H2,1-3H3,(H,22,23). The number of hydrogen-bond acceptors (Lipinski definition) is 2. The van der Waals surface area contributed by atoms with E-state index in [0.29, 0.717) is 18.9 Å². The van der Waals surface area contributed by atoms with Crippen LogP contribution in [0.15, 0.2) is 46.9 Å². The molecule has 0 spiro atoms. The number of rotatable bonds is 6. The largest absolute Gasteiger partial charge is 0.384 e. The zero-order valence-electron chi connectivity index (χ0n) is 13.8. The summed E-state index contributed by atoms with van der Waals surface area (Å²) in [6.45, 7) is 6.95. The van der Waals surface area contributed by atoms with E-state index < -0.39 is 0 Å². The van der Waals surface area contributed by atoms with Gasteiger partial charge in [0.2, 0.25) is 5.91 Å². The fraction of sp³-hybridized carbons (Fsp3) is 0.316. The lowest BCUT2D eigenvalue weighted by Crippen LogP contribution is -2.16. The molecule has 2 aromatic carbocycles. The molecule has 2 aromatic rings. The first-order chi connectivity index (χ1) is 11.0. The molecule has 0 aliphatic carbocycles. The van der Waals surface area contributed by atoms with Gasteiger partial charge in [-0.25, -0.2) is 0 Å². The van der Waals surface area contributed by atoms with Gasteiger partial charge in [-0.1, -0.05) is 32.0 Å². The summed E-state index contributed by atoms with van der Waals surface area (Å²) >= 11 is 3.52. The lowest BCUT2D eigenvalue weighted by atomic mass is 10.0. The van der Waals surface area contributed by atoms with Crippen molar-refractivity contribution in [2.75, 3.05) is 17.2 Å². The second-order valence-electron chi connectivity index (χ2n) is 5.98. The molecule has 23 heavy (non-hydrogen) atoms. The Labute approximate surface area is 146 Å². The Kier molecular flexibility index (Phi) is 6.22. The minimum absolute atomic E-state index is 0.0121. The highest BCUT2D eigenvalue weighted by atomic mass is 79.9. The van der Waals surface area contributed by atoms with Crippen LogP contribution in [0.25, 0.3) is 0 Å². The van der Waals surface area contributed by atoms with Crippen LogP contribution in [0.3, 0.4) is 0 Å². The maximum absolute atomic E-state index is 12.0. The fourth-order valence-corrected chi connectivity index (χ4v) is 2.88. The van der Waals surface area contributed by atoms with Crippen LogP contribution in [0.5, 0.6) is 0 Å². The quantitative estimate of drug-likeness (QED) is 0.717. The Hall–Kier alpha value is -1.81. The van der Waals surface area contributed by atoms with Gasteiger partial charge in [-0.3, -0.25) is 4.79 Å². The summed E-state index contributed by atoms with van der Waals surface area (Å²) in [4.78, 5) is 12.0. The maximum Gasteiger partial charge on any atom is 0.226 e. The van der Waals surface area contributed by atoms with Crippen molar-refractivity contribution in [2.24, 2.45) is 0 Å². The highest BCUT2D eigenvalue weighted by Gasteiger charge is 2.05. The molecule has 0 heterocycles. The average molecular weight is 375 g/mol. The number of benzene rings is 2. The van der Waals surface area contributed by atoms with Crippen LogP contribution in [-0.2, 0) is 4.79 Å². The predicted molar refractivity (Wildman–Crippen MR) is 101 cm³/mol. The second-order valence-corrected chi connectivity index (χ2v) is 6.84. The molecule has 122 valence electrons. The molecule has 0 aliphatic heterocycles. The van der Waals surface area contributed by atoms with Gasteiger partial charge in [-0.2, -0.15) is 0 Å². The molecule has 2 N–H and O–H groups in total. The minimum atomic E-state index is 0.0121. The highest BCUT2D eigenvalue weighted by molar-refractivity contribution is 9.10. The summed E-state index contributed by atoms with van der Waals surface area (Å²) in [7, 11) is 0. The number of aryl methyl sites for hydroxylation is 1. The van der Waals surface area contributed by atoms with E-state index in [2.05, 4.69) is 58.6 Å². The summed E-state index contributed by atoms with van der Waals surface area (Å²) in [6, 6.07) is 14.1. The molecular formula is C19H23BrN2O. The van der Waals surface area contributed by atoms with Gasteiger partial charge < -0.3 is 10.6 Å². The lowest BCUT2D eigenvalue weighted by molar-refractivity contribution is -0.115. The SMILES string of the molecule is Cc1ccc(NCCC(=O)Nc2ccc(C(C)C)cc2)c(Br)c1. The second kappa shape index (κ2) is 8.16. The number of hydrogen-bond donors (Lipinski definition) is 2. The maximum atomic E-state index is 12.0. The Morgan fingerprint density at radius 1 is 1.13 bits per heavy atom. The molecule has 0 aromatic heterocycles. The Balaban J connectivity index is 1.80. The molecule has 0 fully saturated rings. The average Bonchev–Trinajstić information content (AvgIpc) is 2.50. The Morgan fingerprint density at radius 2 is 1.83 bits per heavy atom. The number of nitrogens with one attached hydrogen (secondary N) is 2. The molecular weight excluding hydrogens is 352 g/mol. The first kappa shape index (κ1) is 17.5. The molecule has 1 amide bonds. The molecule has 2 rings (SSSR count). The van der Waals surface area contributed by atoms with Crippen molar-refractivity contribution in [2.45, 2.75) is 33.1 Å². The predicted octanol–water partition coefficient (Wildman–Crippen LogP) is 5.32. The summed E-state index contributed by atoms with van der Waals surface area (Å²) in [5, 5.41) is 6.20. The van der Waals surface area contributed by atoms with Crippen molar-refractivity contribution >= 4 is 33.2 Å². The smallest absolute Gasteiger partial charge is 0.226 e. The first-order valence-electron chi connectivity index (χ1n) is 7.85. The molecule has 0 radical (unpaired) electrons. The molecule has 0 atom stereocenters. The van der Waals surface area contributed by atoms with Crippen LogP contribution >= 0.6 is 15.9 Å². The highest BCUT2D eigenvalue weighted by Crippen LogP contribution is 2.23. The summed E-state index contributed by atoms with van der Waals surface area (Å²) in [6.07, 6.45) is 0.423. The van der Waals surface area contributed by atoms with E-state index in [1.54, 1.807) is 0 Å². The normalized spacial score (nSPS) is 10.7. The monoisotopic (exact) mass is 374 g/mol. The van der Waals surface area contributed by atoms with E-state index in [4.69, 9.17) is 0 Å². The van der Waals surface area contributed by atoms with Crippen LogP contribution in [0.1, 0.15) is 37.3 Å². The van der Waals surface area contributed by atoms with Gasteiger partial charge in [-0.05, 0) is 64.2 Å². The van der Waals surface area contributed by atoms with E-state index in [1.807, 2.05) is 31.2 Å². The van der Waals surface area contributed by atoms with Gasteiger partial charge in [0.25, 0.3) is 0 Å². The summed E-state index contributed by atoms with van der Waals surface area (Å²) in [5.41, 5.74) is 4.32. The zero-order chi connectivity index (χ0) is 16.8. The summed E-state index contributed by atoms with van der Waals surface area (Å²) in [5.74, 6) is 0.509. The zero-order valence-corrected chi connectivity index (χ0v) is 15.4. The molecule has 0 bridgehead atoms. The number of carbonyl (C=O) groups excluding carboxylic acids is 1. The van der Waals surface area contributed by atoms with Gasteiger partial charge in [0.15, 0.2) is 0 Å². The fourth-order valence-electron chi connectivity index (χ4n) is 2.25. The van der Waals surface area contributed by atoms with E-state index >= 15 is 0 Å². The van der Waals surface area contributed by atoms with Gasteiger partial charge in [0.05, 0.1) is 0 Å². The van der Waals surface area contributed by atoms with Gasteiger partial charge in [0.1, 0.15) is 0 Å². The van der Waals surface area contributed by atoms with Crippen LogP contribution in [0.4, 0.5) is 11.4 Å². The van der Waals surface area contributed by atoms with Crippen molar-refractivity contribution in [1.82, 2.24) is 0 Å². The third kappa shape index (κ3) is 5.39.